The fourth-order valence-electron chi connectivity index (χ4n) is 2.84. The van der Waals surface area contributed by atoms with Crippen molar-refractivity contribution < 1.29 is 9.53 Å². The standard InChI is InChI=1S/C23H18N6O2/c1-3-16-6-4-7-18(10-16)27-23(30)28-19-8-5-9-20(11-19)31-22-12-21(24-15-25-22)17-13-26-29(2)14-17/h1,4-15H,2H3,(H2,27,28,30). The number of rotatable bonds is 5. The summed E-state index contributed by atoms with van der Waals surface area (Å²) in [6, 6.07) is 15.4. The highest BCUT2D eigenvalue weighted by molar-refractivity contribution is 5.99. The van der Waals surface area contributed by atoms with Gasteiger partial charge in [0.2, 0.25) is 5.88 Å². The number of ether oxygens (including phenoxy) is 1. The predicted molar refractivity (Wildman–Crippen MR) is 118 cm³/mol. The molecule has 0 unspecified atom stereocenters. The maximum absolute atomic E-state index is 12.3. The molecule has 2 amide bonds. The molecule has 0 aliphatic heterocycles. The molecule has 2 aromatic carbocycles. The van der Waals surface area contributed by atoms with Gasteiger partial charge in [-0.05, 0) is 30.3 Å². The van der Waals surface area contributed by atoms with Crippen LogP contribution in [0, 0.1) is 12.3 Å². The normalized spacial score (nSPS) is 10.2. The molecule has 2 N–H and O–H groups in total. The Kier molecular flexibility index (Phi) is 5.58. The summed E-state index contributed by atoms with van der Waals surface area (Å²) in [6.45, 7) is 0. The smallest absolute Gasteiger partial charge is 0.323 e. The second-order valence-corrected chi connectivity index (χ2v) is 6.58. The molecule has 0 bridgehead atoms. The van der Waals surface area contributed by atoms with Crippen molar-refractivity contribution in [3.63, 3.8) is 0 Å². The summed E-state index contributed by atoms with van der Waals surface area (Å²) < 4.78 is 7.54. The number of amides is 2. The van der Waals surface area contributed by atoms with Gasteiger partial charge in [0.25, 0.3) is 0 Å². The number of anilines is 2. The zero-order chi connectivity index (χ0) is 21.6. The number of terminal acetylenes is 1. The van der Waals surface area contributed by atoms with Gasteiger partial charge in [-0.2, -0.15) is 5.10 Å². The molecular formula is C23H18N6O2. The lowest BCUT2D eigenvalue weighted by molar-refractivity contribution is 0.262. The third-order valence-corrected chi connectivity index (χ3v) is 4.24. The fraction of sp³-hybridized carbons (Fsp3) is 0.0435. The first kappa shape index (κ1) is 19.7. The Morgan fingerprint density at radius 2 is 1.84 bits per heavy atom. The van der Waals surface area contributed by atoms with Crippen molar-refractivity contribution in [2.45, 2.75) is 0 Å². The molecule has 0 radical (unpaired) electrons. The Hall–Kier alpha value is -4.64. The van der Waals surface area contributed by atoms with Crippen molar-refractivity contribution in [2.75, 3.05) is 10.6 Å². The van der Waals surface area contributed by atoms with Crippen LogP contribution in [0.2, 0.25) is 0 Å². The van der Waals surface area contributed by atoms with Gasteiger partial charge >= 0.3 is 6.03 Å². The second kappa shape index (κ2) is 8.80. The van der Waals surface area contributed by atoms with Crippen LogP contribution in [-0.4, -0.2) is 25.8 Å². The Morgan fingerprint density at radius 3 is 2.58 bits per heavy atom. The van der Waals surface area contributed by atoms with Crippen LogP contribution >= 0.6 is 0 Å². The first-order chi connectivity index (χ1) is 15.1. The van der Waals surface area contributed by atoms with Crippen LogP contribution in [0.25, 0.3) is 11.3 Å². The molecule has 0 spiro atoms. The maximum Gasteiger partial charge on any atom is 0.323 e. The summed E-state index contributed by atoms with van der Waals surface area (Å²) in [5.74, 6) is 3.43. The lowest BCUT2D eigenvalue weighted by atomic mass is 10.2. The average Bonchev–Trinajstić information content (AvgIpc) is 3.20. The SMILES string of the molecule is C#Cc1cccc(NC(=O)Nc2cccc(Oc3cc(-c4cnn(C)c4)ncn3)c2)c1. The van der Waals surface area contributed by atoms with Crippen LogP contribution in [0.4, 0.5) is 16.2 Å². The van der Waals surface area contributed by atoms with Crippen molar-refractivity contribution in [1.82, 2.24) is 19.7 Å². The number of nitrogens with one attached hydrogen (secondary N) is 2. The number of nitrogens with zero attached hydrogens (tertiary/aromatic N) is 4. The maximum atomic E-state index is 12.3. The largest absolute Gasteiger partial charge is 0.439 e. The summed E-state index contributed by atoms with van der Waals surface area (Å²) in [4.78, 5) is 20.7. The number of benzene rings is 2. The van der Waals surface area contributed by atoms with Gasteiger partial charge in [-0.1, -0.05) is 18.1 Å². The molecule has 0 aliphatic rings. The molecule has 2 heterocycles. The van der Waals surface area contributed by atoms with Gasteiger partial charge in [0, 0.05) is 47.9 Å². The minimum absolute atomic E-state index is 0.376. The van der Waals surface area contributed by atoms with Crippen molar-refractivity contribution in [2.24, 2.45) is 7.05 Å². The average molecular weight is 410 g/mol. The second-order valence-electron chi connectivity index (χ2n) is 6.58. The lowest BCUT2D eigenvalue weighted by Crippen LogP contribution is -2.19. The Balaban J connectivity index is 1.44. The number of hydrogen-bond donors (Lipinski definition) is 2. The van der Waals surface area contributed by atoms with Gasteiger partial charge in [-0.3, -0.25) is 4.68 Å². The van der Waals surface area contributed by atoms with E-state index in [1.807, 2.05) is 13.2 Å². The molecule has 0 saturated heterocycles. The van der Waals surface area contributed by atoms with Crippen LogP contribution < -0.4 is 15.4 Å². The Morgan fingerprint density at radius 1 is 1.06 bits per heavy atom. The summed E-state index contributed by atoms with van der Waals surface area (Å²) in [5.41, 5.74) is 3.40. The molecule has 0 saturated carbocycles. The van der Waals surface area contributed by atoms with E-state index in [1.165, 1.54) is 6.33 Å². The van der Waals surface area contributed by atoms with Crippen molar-refractivity contribution in [3.8, 4) is 35.2 Å². The van der Waals surface area contributed by atoms with E-state index in [9.17, 15) is 4.79 Å². The minimum atomic E-state index is -0.396. The van der Waals surface area contributed by atoms with E-state index < -0.39 is 6.03 Å². The molecular weight excluding hydrogens is 392 g/mol. The van der Waals surface area contributed by atoms with E-state index >= 15 is 0 Å². The zero-order valence-corrected chi connectivity index (χ0v) is 16.6. The van der Waals surface area contributed by atoms with Crippen LogP contribution in [0.3, 0.4) is 0 Å². The molecule has 0 fully saturated rings. The topological polar surface area (TPSA) is 94.0 Å². The first-order valence-electron chi connectivity index (χ1n) is 9.33. The molecule has 4 aromatic rings. The molecule has 4 rings (SSSR count). The molecule has 8 nitrogen and oxygen atoms in total. The van der Waals surface area contributed by atoms with Gasteiger partial charge in [0.15, 0.2) is 0 Å². The molecule has 0 atom stereocenters. The molecule has 8 heteroatoms. The predicted octanol–water partition coefficient (Wildman–Crippen LogP) is 4.29. The van der Waals surface area contributed by atoms with Crippen molar-refractivity contribution in [3.05, 3.63) is 78.9 Å². The van der Waals surface area contributed by atoms with Crippen molar-refractivity contribution in [1.29, 1.82) is 0 Å². The number of hydrogen-bond acceptors (Lipinski definition) is 5. The minimum Gasteiger partial charge on any atom is -0.439 e. The number of urea groups is 1. The van der Waals surface area contributed by atoms with Crippen LogP contribution in [0.1, 0.15) is 5.56 Å². The summed E-state index contributed by atoms with van der Waals surface area (Å²) in [6.07, 6.45) is 10.4. The number of aromatic nitrogens is 4. The molecule has 0 aliphatic carbocycles. The molecule has 2 aromatic heterocycles. The lowest BCUT2D eigenvalue weighted by Gasteiger charge is -2.10. The van der Waals surface area contributed by atoms with E-state index in [4.69, 9.17) is 11.2 Å². The van der Waals surface area contributed by atoms with Gasteiger partial charge in [-0.25, -0.2) is 14.8 Å². The summed E-state index contributed by atoms with van der Waals surface area (Å²) in [5, 5.41) is 9.66. The van der Waals surface area contributed by atoms with E-state index in [2.05, 4.69) is 31.6 Å². The Labute approximate surface area is 178 Å². The zero-order valence-electron chi connectivity index (χ0n) is 16.6. The summed E-state index contributed by atoms with van der Waals surface area (Å²) >= 11 is 0. The highest BCUT2D eigenvalue weighted by atomic mass is 16.5. The van der Waals surface area contributed by atoms with E-state index in [-0.39, 0.29) is 0 Å². The van der Waals surface area contributed by atoms with E-state index in [1.54, 1.807) is 65.5 Å². The third-order valence-electron chi connectivity index (χ3n) is 4.24. The fourth-order valence-corrected chi connectivity index (χ4v) is 2.84. The number of carbonyl (C=O) groups excluding carboxylic acids is 1. The van der Waals surface area contributed by atoms with Crippen molar-refractivity contribution >= 4 is 17.4 Å². The van der Waals surface area contributed by atoms with Gasteiger partial charge in [0.05, 0.1) is 11.9 Å². The number of aryl methyl sites for hydroxylation is 1. The van der Waals surface area contributed by atoms with Crippen LogP contribution in [0.5, 0.6) is 11.6 Å². The van der Waals surface area contributed by atoms with E-state index in [0.717, 1.165) is 5.56 Å². The highest BCUT2D eigenvalue weighted by Gasteiger charge is 2.08. The quantitative estimate of drug-likeness (QED) is 0.479. The van der Waals surface area contributed by atoms with Gasteiger partial charge < -0.3 is 15.4 Å². The Bertz CT molecular complexity index is 1270. The van der Waals surface area contributed by atoms with Gasteiger partial charge in [0.1, 0.15) is 12.1 Å². The summed E-state index contributed by atoms with van der Waals surface area (Å²) in [7, 11) is 1.84. The highest BCUT2D eigenvalue weighted by Crippen LogP contribution is 2.25. The van der Waals surface area contributed by atoms with E-state index in [0.29, 0.717) is 34.3 Å². The van der Waals surface area contributed by atoms with Gasteiger partial charge in [-0.15, -0.1) is 6.42 Å². The monoisotopic (exact) mass is 410 g/mol. The molecule has 152 valence electrons. The molecule has 31 heavy (non-hydrogen) atoms. The third kappa shape index (κ3) is 5.05. The number of carbonyl (C=O) groups is 1. The first-order valence-corrected chi connectivity index (χ1v) is 9.33. The van der Waals surface area contributed by atoms with Crippen LogP contribution in [-0.2, 0) is 7.05 Å². The van der Waals surface area contributed by atoms with Crippen LogP contribution in [0.15, 0.2) is 73.3 Å².